The van der Waals surface area contributed by atoms with Gasteiger partial charge in [-0.1, -0.05) is 26.7 Å². The summed E-state index contributed by atoms with van der Waals surface area (Å²) in [4.78, 5) is 22.3. The number of rotatable bonds is 6. The van der Waals surface area contributed by atoms with Gasteiger partial charge in [-0.15, -0.1) is 0 Å². The van der Waals surface area contributed by atoms with Crippen LogP contribution in [-0.4, -0.2) is 22.5 Å². The number of aliphatic carboxylic acids is 1. The Hall–Kier alpha value is -1.06. The Morgan fingerprint density at radius 1 is 1.27 bits per heavy atom. The normalized spacial score (nSPS) is 11.5. The lowest BCUT2D eigenvalue weighted by Gasteiger charge is -2.22. The second kappa shape index (κ2) is 5.73. The molecule has 4 nitrogen and oxygen atoms in total. The molecule has 0 radical (unpaired) electrons. The Bertz CT molecular complexity index is 232. The van der Waals surface area contributed by atoms with Crippen molar-refractivity contribution in [1.29, 1.82) is 0 Å². The fourth-order valence-electron chi connectivity index (χ4n) is 1.29. The molecular formula is C11H21NO3. The van der Waals surface area contributed by atoms with E-state index in [4.69, 9.17) is 5.11 Å². The van der Waals surface area contributed by atoms with Gasteiger partial charge in [-0.05, 0) is 19.8 Å². The maximum absolute atomic E-state index is 11.5. The van der Waals surface area contributed by atoms with Crippen LogP contribution in [-0.2, 0) is 9.59 Å². The molecular weight excluding hydrogens is 194 g/mol. The molecule has 15 heavy (non-hydrogen) atoms. The van der Waals surface area contributed by atoms with Crippen molar-refractivity contribution in [2.75, 3.05) is 0 Å². The van der Waals surface area contributed by atoms with Crippen molar-refractivity contribution in [3.63, 3.8) is 0 Å². The van der Waals surface area contributed by atoms with Crippen LogP contribution in [0.2, 0.25) is 0 Å². The molecule has 0 heterocycles. The number of hydrogen-bond donors (Lipinski definition) is 2. The molecule has 0 aliphatic heterocycles. The quantitative estimate of drug-likeness (QED) is 0.710. The summed E-state index contributed by atoms with van der Waals surface area (Å²) in [7, 11) is 0. The number of hydrogen-bond acceptors (Lipinski definition) is 2. The van der Waals surface area contributed by atoms with E-state index in [0.717, 1.165) is 12.8 Å². The fourth-order valence-corrected chi connectivity index (χ4v) is 1.29. The number of amides is 1. The molecule has 0 aliphatic carbocycles. The highest BCUT2D eigenvalue weighted by molar-refractivity contribution is 5.86. The summed E-state index contributed by atoms with van der Waals surface area (Å²) < 4.78 is 0. The summed E-state index contributed by atoms with van der Waals surface area (Å²) >= 11 is 0. The summed E-state index contributed by atoms with van der Waals surface area (Å²) in [5, 5.41) is 11.3. The van der Waals surface area contributed by atoms with Gasteiger partial charge in [-0.2, -0.15) is 0 Å². The summed E-state index contributed by atoms with van der Waals surface area (Å²) in [6.45, 7) is 7.04. The highest BCUT2D eigenvalue weighted by Crippen LogP contribution is 2.13. The van der Waals surface area contributed by atoms with Gasteiger partial charge in [0.05, 0.1) is 0 Å². The molecule has 0 rings (SSSR count). The number of carbonyl (C=O) groups excluding carboxylic acids is 1. The average molecular weight is 215 g/mol. The van der Waals surface area contributed by atoms with E-state index in [1.54, 1.807) is 0 Å². The average Bonchev–Trinajstić information content (AvgIpc) is 2.13. The van der Waals surface area contributed by atoms with Crippen LogP contribution < -0.4 is 5.32 Å². The van der Waals surface area contributed by atoms with E-state index >= 15 is 0 Å². The van der Waals surface area contributed by atoms with E-state index in [-0.39, 0.29) is 5.91 Å². The molecule has 4 heteroatoms. The third-order valence-electron chi connectivity index (χ3n) is 2.62. The second-order valence-corrected chi connectivity index (χ2v) is 4.36. The van der Waals surface area contributed by atoms with E-state index in [0.29, 0.717) is 12.3 Å². The van der Waals surface area contributed by atoms with Crippen molar-refractivity contribution in [2.45, 2.75) is 52.5 Å². The van der Waals surface area contributed by atoms with Crippen molar-refractivity contribution in [1.82, 2.24) is 5.32 Å². The Kier molecular flexibility index (Phi) is 5.33. The summed E-state index contributed by atoms with van der Waals surface area (Å²) in [5.74, 6) is -0.855. The molecule has 0 aromatic heterocycles. The van der Waals surface area contributed by atoms with Crippen LogP contribution in [0.15, 0.2) is 0 Å². The highest BCUT2D eigenvalue weighted by atomic mass is 16.4. The lowest BCUT2D eigenvalue weighted by Crippen LogP contribution is -2.50. The van der Waals surface area contributed by atoms with Gasteiger partial charge in [0, 0.05) is 6.42 Å². The number of nitrogens with one attached hydrogen (secondary N) is 1. The minimum atomic E-state index is -1.18. The molecule has 0 unspecified atom stereocenters. The van der Waals surface area contributed by atoms with E-state index < -0.39 is 11.5 Å². The predicted octanol–water partition coefficient (Wildman–Crippen LogP) is 1.79. The molecule has 88 valence electrons. The molecule has 0 fully saturated rings. The second-order valence-electron chi connectivity index (χ2n) is 4.36. The molecule has 2 N–H and O–H groups in total. The van der Waals surface area contributed by atoms with Crippen molar-refractivity contribution in [3.8, 4) is 0 Å². The molecule has 0 bridgehead atoms. The maximum Gasteiger partial charge on any atom is 0.328 e. The van der Waals surface area contributed by atoms with Gasteiger partial charge in [-0.3, -0.25) is 4.79 Å². The zero-order valence-electron chi connectivity index (χ0n) is 9.96. The zero-order chi connectivity index (χ0) is 12.1. The van der Waals surface area contributed by atoms with E-state index in [2.05, 4.69) is 5.32 Å². The van der Waals surface area contributed by atoms with Gasteiger partial charge in [0.15, 0.2) is 0 Å². The summed E-state index contributed by atoms with van der Waals surface area (Å²) in [5.41, 5.74) is -1.18. The molecule has 1 amide bonds. The molecule has 0 aromatic rings. The molecule has 0 aliphatic rings. The minimum Gasteiger partial charge on any atom is -0.480 e. The first kappa shape index (κ1) is 13.9. The first-order chi connectivity index (χ1) is 6.83. The van der Waals surface area contributed by atoms with Crippen LogP contribution in [0.5, 0.6) is 0 Å². The predicted molar refractivity (Wildman–Crippen MR) is 58.5 cm³/mol. The van der Waals surface area contributed by atoms with Crippen LogP contribution in [0.1, 0.15) is 47.0 Å². The lowest BCUT2D eigenvalue weighted by atomic mass is 9.98. The molecule has 0 saturated carbocycles. The first-order valence-corrected chi connectivity index (χ1v) is 5.37. The number of carbonyl (C=O) groups is 2. The number of carboxylic acid groups (broad SMARTS) is 1. The fraction of sp³-hybridized carbons (Fsp3) is 0.818. The first-order valence-electron chi connectivity index (χ1n) is 5.37. The topological polar surface area (TPSA) is 66.4 Å². The van der Waals surface area contributed by atoms with Crippen molar-refractivity contribution >= 4 is 11.9 Å². The van der Waals surface area contributed by atoms with Gasteiger partial charge in [0.25, 0.3) is 0 Å². The van der Waals surface area contributed by atoms with Crippen LogP contribution in [0.4, 0.5) is 0 Å². The largest absolute Gasteiger partial charge is 0.480 e. The van der Waals surface area contributed by atoms with E-state index in [9.17, 15) is 9.59 Å². The van der Waals surface area contributed by atoms with Gasteiger partial charge in [0.2, 0.25) is 5.91 Å². The van der Waals surface area contributed by atoms with Crippen molar-refractivity contribution in [3.05, 3.63) is 0 Å². The Balaban J connectivity index is 4.20. The van der Waals surface area contributed by atoms with E-state index in [1.165, 1.54) is 13.8 Å². The van der Waals surface area contributed by atoms with Crippen LogP contribution in [0, 0.1) is 5.92 Å². The van der Waals surface area contributed by atoms with Crippen LogP contribution in [0.25, 0.3) is 0 Å². The van der Waals surface area contributed by atoms with Crippen LogP contribution >= 0.6 is 0 Å². The van der Waals surface area contributed by atoms with Gasteiger partial charge < -0.3 is 10.4 Å². The Morgan fingerprint density at radius 3 is 2.07 bits per heavy atom. The monoisotopic (exact) mass is 215 g/mol. The molecule has 0 spiro atoms. The Morgan fingerprint density at radius 2 is 1.73 bits per heavy atom. The van der Waals surface area contributed by atoms with Crippen molar-refractivity contribution in [2.24, 2.45) is 5.92 Å². The van der Waals surface area contributed by atoms with E-state index in [1.807, 2.05) is 13.8 Å². The van der Waals surface area contributed by atoms with Gasteiger partial charge in [0.1, 0.15) is 5.54 Å². The summed E-state index contributed by atoms with van der Waals surface area (Å²) in [6, 6.07) is 0. The summed E-state index contributed by atoms with van der Waals surface area (Å²) in [6.07, 6.45) is 2.29. The molecule has 0 saturated heterocycles. The number of carboxylic acids is 1. The molecule has 0 atom stereocenters. The minimum absolute atomic E-state index is 0.184. The maximum atomic E-state index is 11.5. The van der Waals surface area contributed by atoms with Crippen LogP contribution in [0.3, 0.4) is 0 Å². The third kappa shape index (κ3) is 4.81. The standard InChI is InChI=1S/C11H21NO3/c1-5-8(6-2)7-9(13)12-11(3,4)10(14)15/h8H,5-7H2,1-4H3,(H,12,13)(H,14,15). The van der Waals surface area contributed by atoms with Gasteiger partial charge >= 0.3 is 5.97 Å². The highest BCUT2D eigenvalue weighted by Gasteiger charge is 2.29. The third-order valence-corrected chi connectivity index (χ3v) is 2.62. The molecule has 0 aromatic carbocycles. The Labute approximate surface area is 91.1 Å². The zero-order valence-corrected chi connectivity index (χ0v) is 9.96. The van der Waals surface area contributed by atoms with Crippen molar-refractivity contribution < 1.29 is 14.7 Å². The lowest BCUT2D eigenvalue weighted by molar-refractivity contribution is -0.146. The van der Waals surface area contributed by atoms with Gasteiger partial charge in [-0.25, -0.2) is 4.79 Å². The SMILES string of the molecule is CCC(CC)CC(=O)NC(C)(C)C(=O)O. The smallest absolute Gasteiger partial charge is 0.328 e.